The van der Waals surface area contributed by atoms with Gasteiger partial charge in [-0.3, -0.25) is 0 Å². The summed E-state index contributed by atoms with van der Waals surface area (Å²) in [4.78, 5) is 0. The van der Waals surface area contributed by atoms with Crippen LogP contribution >= 0.6 is 0 Å². The Bertz CT molecular complexity index is 687. The second kappa shape index (κ2) is 8.32. The molecular weight excluding hydrogens is 325 g/mol. The predicted octanol–water partition coefficient (Wildman–Crippen LogP) is 5.22. The quantitative estimate of drug-likeness (QED) is 0.687. The Labute approximate surface area is 156 Å². The average Bonchev–Trinajstić information content (AvgIpc) is 2.67. The van der Waals surface area contributed by atoms with Gasteiger partial charge in [-0.2, -0.15) is 0 Å². The number of benzene rings is 2. The van der Waals surface area contributed by atoms with Gasteiger partial charge in [0.05, 0.1) is 5.60 Å². The fourth-order valence-electron chi connectivity index (χ4n) is 4.14. The molecule has 2 nitrogen and oxygen atoms in total. The summed E-state index contributed by atoms with van der Waals surface area (Å²) < 4.78 is 19.6. The monoisotopic (exact) mass is 355 g/mol. The first kappa shape index (κ1) is 19.1. The molecule has 0 amide bonds. The molecule has 2 aromatic rings. The predicted molar refractivity (Wildman–Crippen MR) is 105 cm³/mol. The maximum atomic E-state index is 13.5. The van der Waals surface area contributed by atoms with Crippen LogP contribution in [0, 0.1) is 5.82 Å². The number of halogens is 1. The van der Waals surface area contributed by atoms with Crippen LogP contribution < -0.4 is 5.32 Å². The number of nitrogens with one attached hydrogen (secondary N) is 1. The number of ether oxygens (including phenoxy) is 1. The first-order valence-corrected chi connectivity index (χ1v) is 9.70. The lowest BCUT2D eigenvalue weighted by Crippen LogP contribution is -2.46. The van der Waals surface area contributed by atoms with Crippen LogP contribution in [0.3, 0.4) is 0 Å². The van der Waals surface area contributed by atoms with Crippen molar-refractivity contribution < 1.29 is 9.13 Å². The van der Waals surface area contributed by atoms with Gasteiger partial charge in [-0.25, -0.2) is 4.39 Å². The Balaban J connectivity index is 1.72. The maximum Gasteiger partial charge on any atom is 0.123 e. The standard InChI is InChI=1S/C23H30FNO/c1-3-22(2)18-23(14-16-26-22,20-9-11-21(24)12-10-20)13-15-25-17-19-7-5-4-6-8-19/h4-12,25H,3,13-18H2,1-2H3/t22-,23+/m0/s1. The molecule has 26 heavy (non-hydrogen) atoms. The first-order chi connectivity index (χ1) is 12.6. The van der Waals surface area contributed by atoms with Gasteiger partial charge in [0, 0.05) is 18.6 Å². The van der Waals surface area contributed by atoms with Crippen LogP contribution in [0.4, 0.5) is 4.39 Å². The lowest BCUT2D eigenvalue weighted by atomic mass is 9.66. The highest BCUT2D eigenvalue weighted by atomic mass is 19.1. The molecule has 1 aliphatic heterocycles. The Morgan fingerprint density at radius 1 is 1.08 bits per heavy atom. The van der Waals surface area contributed by atoms with Crippen LogP contribution in [-0.4, -0.2) is 18.8 Å². The molecule has 1 saturated heterocycles. The molecule has 0 aromatic heterocycles. The van der Waals surface area contributed by atoms with E-state index < -0.39 is 0 Å². The second-order valence-electron chi connectivity index (χ2n) is 7.78. The molecule has 1 aliphatic rings. The molecule has 0 bridgehead atoms. The molecule has 0 unspecified atom stereocenters. The molecule has 0 aliphatic carbocycles. The van der Waals surface area contributed by atoms with Crippen molar-refractivity contribution in [3.05, 3.63) is 71.5 Å². The summed E-state index contributed by atoms with van der Waals surface area (Å²) in [5.74, 6) is -0.170. The number of rotatable bonds is 7. The Morgan fingerprint density at radius 3 is 2.50 bits per heavy atom. The van der Waals surface area contributed by atoms with E-state index in [1.165, 1.54) is 11.1 Å². The average molecular weight is 355 g/mol. The van der Waals surface area contributed by atoms with Crippen LogP contribution in [0.2, 0.25) is 0 Å². The molecular formula is C23H30FNO. The third kappa shape index (κ3) is 4.52. The largest absolute Gasteiger partial charge is 0.375 e. The summed E-state index contributed by atoms with van der Waals surface area (Å²) in [6, 6.07) is 17.6. The molecule has 0 spiro atoms. The van der Waals surface area contributed by atoms with Gasteiger partial charge < -0.3 is 10.1 Å². The van der Waals surface area contributed by atoms with Gasteiger partial charge in [0.25, 0.3) is 0 Å². The van der Waals surface area contributed by atoms with Crippen LogP contribution in [0.15, 0.2) is 54.6 Å². The minimum Gasteiger partial charge on any atom is -0.375 e. The Hall–Kier alpha value is -1.71. The summed E-state index contributed by atoms with van der Waals surface area (Å²) in [7, 11) is 0. The molecule has 0 radical (unpaired) electrons. The molecule has 2 aromatic carbocycles. The van der Waals surface area contributed by atoms with E-state index in [0.29, 0.717) is 0 Å². The van der Waals surface area contributed by atoms with Gasteiger partial charge >= 0.3 is 0 Å². The topological polar surface area (TPSA) is 21.3 Å². The van der Waals surface area contributed by atoms with Gasteiger partial charge in [-0.15, -0.1) is 0 Å². The van der Waals surface area contributed by atoms with E-state index >= 15 is 0 Å². The second-order valence-corrected chi connectivity index (χ2v) is 7.78. The highest BCUT2D eigenvalue weighted by Gasteiger charge is 2.43. The van der Waals surface area contributed by atoms with Crippen molar-refractivity contribution in [3.63, 3.8) is 0 Å². The summed E-state index contributed by atoms with van der Waals surface area (Å²) in [6.07, 6.45) is 3.99. The van der Waals surface area contributed by atoms with Crippen molar-refractivity contribution in [1.82, 2.24) is 5.32 Å². The molecule has 140 valence electrons. The third-order valence-electron chi connectivity index (χ3n) is 5.90. The van der Waals surface area contributed by atoms with E-state index in [0.717, 1.165) is 45.4 Å². The van der Waals surface area contributed by atoms with E-state index in [1.807, 2.05) is 18.2 Å². The van der Waals surface area contributed by atoms with Gasteiger partial charge in [-0.05, 0) is 62.4 Å². The van der Waals surface area contributed by atoms with Crippen molar-refractivity contribution >= 4 is 0 Å². The normalized spacial score (nSPS) is 26.0. The van der Waals surface area contributed by atoms with Crippen molar-refractivity contribution in [2.75, 3.05) is 13.2 Å². The van der Waals surface area contributed by atoms with E-state index in [4.69, 9.17) is 4.74 Å². The fourth-order valence-corrected chi connectivity index (χ4v) is 4.14. The van der Waals surface area contributed by atoms with E-state index in [9.17, 15) is 4.39 Å². The lowest BCUT2D eigenvalue weighted by Gasteiger charge is -2.47. The Morgan fingerprint density at radius 2 is 1.81 bits per heavy atom. The van der Waals surface area contributed by atoms with Crippen molar-refractivity contribution in [2.45, 2.75) is 57.1 Å². The molecule has 1 heterocycles. The Kier molecular flexibility index (Phi) is 6.10. The van der Waals surface area contributed by atoms with E-state index in [1.54, 1.807) is 12.1 Å². The van der Waals surface area contributed by atoms with Gasteiger partial charge in [-0.1, -0.05) is 49.4 Å². The number of hydrogen-bond acceptors (Lipinski definition) is 2. The summed E-state index contributed by atoms with van der Waals surface area (Å²) in [6.45, 7) is 6.98. The first-order valence-electron chi connectivity index (χ1n) is 9.70. The number of hydrogen-bond donors (Lipinski definition) is 1. The molecule has 3 rings (SSSR count). The summed E-state index contributed by atoms with van der Waals surface area (Å²) in [5, 5.41) is 3.59. The zero-order valence-corrected chi connectivity index (χ0v) is 15.9. The summed E-state index contributed by atoms with van der Waals surface area (Å²) in [5.41, 5.74) is 2.48. The van der Waals surface area contributed by atoms with Crippen molar-refractivity contribution in [2.24, 2.45) is 0 Å². The molecule has 1 N–H and O–H groups in total. The van der Waals surface area contributed by atoms with Crippen molar-refractivity contribution in [1.29, 1.82) is 0 Å². The minimum absolute atomic E-state index is 0.0421. The SMILES string of the molecule is CC[C@@]1(C)C[C@](CCNCc2ccccc2)(c2ccc(F)cc2)CCO1. The zero-order chi connectivity index (χ0) is 18.5. The summed E-state index contributed by atoms with van der Waals surface area (Å²) >= 11 is 0. The highest BCUT2D eigenvalue weighted by Crippen LogP contribution is 2.45. The smallest absolute Gasteiger partial charge is 0.123 e. The van der Waals surface area contributed by atoms with Gasteiger partial charge in [0.15, 0.2) is 0 Å². The zero-order valence-electron chi connectivity index (χ0n) is 15.9. The molecule has 3 heteroatoms. The van der Waals surface area contributed by atoms with Gasteiger partial charge in [0.2, 0.25) is 0 Å². The minimum atomic E-state index is -0.170. The van der Waals surface area contributed by atoms with Crippen LogP contribution in [-0.2, 0) is 16.7 Å². The van der Waals surface area contributed by atoms with Crippen LogP contribution in [0.5, 0.6) is 0 Å². The third-order valence-corrected chi connectivity index (χ3v) is 5.90. The van der Waals surface area contributed by atoms with Crippen LogP contribution in [0.25, 0.3) is 0 Å². The van der Waals surface area contributed by atoms with Crippen molar-refractivity contribution in [3.8, 4) is 0 Å². The molecule has 0 saturated carbocycles. The molecule has 1 fully saturated rings. The van der Waals surface area contributed by atoms with Gasteiger partial charge in [0.1, 0.15) is 5.82 Å². The molecule has 2 atom stereocenters. The highest BCUT2D eigenvalue weighted by molar-refractivity contribution is 5.28. The van der Waals surface area contributed by atoms with Crippen LogP contribution in [0.1, 0.15) is 50.7 Å². The fraction of sp³-hybridized carbons (Fsp3) is 0.478. The van der Waals surface area contributed by atoms with E-state index in [2.05, 4.69) is 43.4 Å². The van der Waals surface area contributed by atoms with E-state index in [-0.39, 0.29) is 16.8 Å². The maximum absolute atomic E-state index is 13.5. The lowest BCUT2D eigenvalue weighted by molar-refractivity contribution is -0.0979.